The van der Waals surface area contributed by atoms with Gasteiger partial charge in [-0.2, -0.15) is 0 Å². The van der Waals surface area contributed by atoms with Gasteiger partial charge in [-0.15, -0.1) is 0 Å². The Labute approximate surface area is 130 Å². The van der Waals surface area contributed by atoms with Crippen molar-refractivity contribution >= 4 is 21.8 Å². The summed E-state index contributed by atoms with van der Waals surface area (Å²) >= 11 is 3.44. The summed E-state index contributed by atoms with van der Waals surface area (Å²) in [6, 6.07) is 0.0985. The molecule has 1 unspecified atom stereocenters. The molecule has 4 heteroatoms. The fraction of sp³-hybridized carbons (Fsp3) is 0.938. The van der Waals surface area contributed by atoms with Crippen LogP contribution in [-0.4, -0.2) is 31.0 Å². The molecule has 0 heterocycles. The van der Waals surface area contributed by atoms with Gasteiger partial charge >= 0.3 is 0 Å². The SMILES string of the molecule is COCC(CBr)NC(=O)CC12CC3CC(CC(C3)C1)C2. The van der Waals surface area contributed by atoms with E-state index in [9.17, 15) is 4.79 Å². The Morgan fingerprint density at radius 3 is 2.25 bits per heavy atom. The Morgan fingerprint density at radius 2 is 1.80 bits per heavy atom. The van der Waals surface area contributed by atoms with Gasteiger partial charge in [0.1, 0.15) is 0 Å². The Morgan fingerprint density at radius 1 is 1.25 bits per heavy atom. The minimum absolute atomic E-state index is 0.0985. The monoisotopic (exact) mass is 343 g/mol. The second-order valence-electron chi connectivity index (χ2n) is 7.47. The zero-order valence-corrected chi connectivity index (χ0v) is 14.0. The van der Waals surface area contributed by atoms with Gasteiger partial charge in [-0.25, -0.2) is 0 Å². The quantitative estimate of drug-likeness (QED) is 0.752. The number of methoxy groups -OCH3 is 1. The predicted molar refractivity (Wildman–Crippen MR) is 82.8 cm³/mol. The Hall–Kier alpha value is -0.0900. The maximum absolute atomic E-state index is 12.4. The summed E-state index contributed by atoms with van der Waals surface area (Å²) in [5.41, 5.74) is 0.336. The summed E-state index contributed by atoms with van der Waals surface area (Å²) in [6.45, 7) is 0.581. The standard InChI is InChI=1S/C16H26BrNO2/c1-20-10-14(9-17)18-15(19)8-16-5-11-2-12(6-16)4-13(3-11)7-16/h11-14H,2-10H2,1H3,(H,18,19). The van der Waals surface area contributed by atoms with Crippen molar-refractivity contribution in [2.75, 3.05) is 19.0 Å². The first-order valence-corrected chi connectivity index (χ1v) is 9.09. The van der Waals surface area contributed by atoms with E-state index in [1.165, 1.54) is 38.5 Å². The van der Waals surface area contributed by atoms with E-state index in [0.29, 0.717) is 12.0 Å². The molecular weight excluding hydrogens is 318 g/mol. The summed E-state index contributed by atoms with van der Waals surface area (Å²) in [6.07, 6.45) is 8.96. The van der Waals surface area contributed by atoms with E-state index < -0.39 is 0 Å². The Bertz CT molecular complexity index is 336. The molecule has 114 valence electrons. The van der Waals surface area contributed by atoms with Crippen LogP contribution in [0.25, 0.3) is 0 Å². The van der Waals surface area contributed by atoms with Gasteiger partial charge < -0.3 is 10.1 Å². The maximum Gasteiger partial charge on any atom is 0.220 e. The van der Waals surface area contributed by atoms with Crippen LogP contribution in [0.2, 0.25) is 0 Å². The molecule has 4 aliphatic carbocycles. The number of nitrogens with one attached hydrogen (secondary N) is 1. The highest BCUT2D eigenvalue weighted by atomic mass is 79.9. The van der Waals surface area contributed by atoms with Crippen LogP contribution in [-0.2, 0) is 9.53 Å². The van der Waals surface area contributed by atoms with Gasteiger partial charge in [0.05, 0.1) is 12.6 Å². The van der Waals surface area contributed by atoms with Gasteiger partial charge in [0.25, 0.3) is 0 Å². The number of carbonyl (C=O) groups is 1. The van der Waals surface area contributed by atoms with Crippen molar-refractivity contribution in [2.45, 2.75) is 51.0 Å². The minimum atomic E-state index is 0.0985. The molecule has 0 aromatic rings. The molecule has 1 atom stereocenters. The second-order valence-corrected chi connectivity index (χ2v) is 8.12. The van der Waals surface area contributed by atoms with Gasteiger partial charge in [-0.3, -0.25) is 4.79 Å². The Kier molecular flexibility index (Phi) is 4.42. The number of carbonyl (C=O) groups excluding carboxylic acids is 1. The van der Waals surface area contributed by atoms with Crippen molar-refractivity contribution in [3.8, 4) is 0 Å². The molecule has 0 spiro atoms. The highest BCUT2D eigenvalue weighted by Crippen LogP contribution is 2.61. The van der Waals surface area contributed by atoms with E-state index in [2.05, 4.69) is 21.2 Å². The number of halogens is 1. The smallest absolute Gasteiger partial charge is 0.220 e. The molecule has 4 rings (SSSR count). The van der Waals surface area contributed by atoms with Gasteiger partial charge in [-0.05, 0) is 61.7 Å². The molecule has 3 nitrogen and oxygen atoms in total. The molecule has 4 aliphatic rings. The van der Waals surface area contributed by atoms with Gasteiger partial charge in [0, 0.05) is 18.9 Å². The molecule has 4 fully saturated rings. The molecule has 4 bridgehead atoms. The average Bonchev–Trinajstić information content (AvgIpc) is 2.35. The Balaban J connectivity index is 1.58. The van der Waals surface area contributed by atoms with E-state index in [-0.39, 0.29) is 11.9 Å². The van der Waals surface area contributed by atoms with Crippen molar-refractivity contribution in [3.05, 3.63) is 0 Å². The lowest BCUT2D eigenvalue weighted by atomic mass is 9.49. The third-order valence-electron chi connectivity index (χ3n) is 5.62. The second kappa shape index (κ2) is 5.96. The van der Waals surface area contributed by atoms with E-state index >= 15 is 0 Å². The van der Waals surface area contributed by atoms with E-state index in [1.807, 2.05) is 0 Å². The summed E-state index contributed by atoms with van der Waals surface area (Å²) < 4.78 is 5.14. The molecule has 0 aromatic heterocycles. The first kappa shape index (κ1) is 14.8. The summed E-state index contributed by atoms with van der Waals surface area (Å²) in [4.78, 5) is 12.4. The van der Waals surface area contributed by atoms with Crippen LogP contribution in [0.1, 0.15) is 44.9 Å². The molecule has 0 aliphatic heterocycles. The van der Waals surface area contributed by atoms with E-state index in [0.717, 1.165) is 29.5 Å². The summed E-state index contributed by atoms with van der Waals surface area (Å²) in [7, 11) is 1.68. The van der Waals surface area contributed by atoms with Crippen LogP contribution in [0.5, 0.6) is 0 Å². The van der Waals surface area contributed by atoms with E-state index in [1.54, 1.807) is 7.11 Å². The number of rotatable bonds is 6. The molecule has 20 heavy (non-hydrogen) atoms. The molecule has 0 radical (unpaired) electrons. The summed E-state index contributed by atoms with van der Waals surface area (Å²) in [5.74, 6) is 2.98. The molecule has 4 saturated carbocycles. The predicted octanol–water partition coefficient (Wildman–Crippen LogP) is 3.12. The lowest BCUT2D eigenvalue weighted by Gasteiger charge is -2.56. The van der Waals surface area contributed by atoms with Crippen LogP contribution >= 0.6 is 15.9 Å². The normalized spacial score (nSPS) is 39.8. The van der Waals surface area contributed by atoms with Gasteiger partial charge in [-0.1, -0.05) is 15.9 Å². The number of hydrogen-bond acceptors (Lipinski definition) is 2. The molecule has 1 N–H and O–H groups in total. The number of hydrogen-bond donors (Lipinski definition) is 1. The zero-order valence-electron chi connectivity index (χ0n) is 12.4. The minimum Gasteiger partial charge on any atom is -0.383 e. The van der Waals surface area contributed by atoms with Crippen LogP contribution in [0.3, 0.4) is 0 Å². The van der Waals surface area contributed by atoms with Crippen molar-refractivity contribution in [1.82, 2.24) is 5.32 Å². The lowest BCUT2D eigenvalue weighted by molar-refractivity contribution is -0.130. The number of amides is 1. The average molecular weight is 344 g/mol. The van der Waals surface area contributed by atoms with Crippen molar-refractivity contribution in [1.29, 1.82) is 0 Å². The van der Waals surface area contributed by atoms with Crippen molar-refractivity contribution in [3.63, 3.8) is 0 Å². The third kappa shape index (κ3) is 3.06. The highest BCUT2D eigenvalue weighted by molar-refractivity contribution is 9.09. The van der Waals surface area contributed by atoms with E-state index in [4.69, 9.17) is 4.74 Å². The maximum atomic E-state index is 12.4. The number of alkyl halides is 1. The molecule has 1 amide bonds. The van der Waals surface area contributed by atoms with Crippen molar-refractivity contribution < 1.29 is 9.53 Å². The third-order valence-corrected chi connectivity index (χ3v) is 6.40. The highest BCUT2D eigenvalue weighted by Gasteiger charge is 2.51. The van der Waals surface area contributed by atoms with Crippen LogP contribution in [0.4, 0.5) is 0 Å². The van der Waals surface area contributed by atoms with Crippen LogP contribution < -0.4 is 5.32 Å². The fourth-order valence-corrected chi connectivity index (χ4v) is 5.80. The molecule has 0 aromatic carbocycles. The lowest BCUT2D eigenvalue weighted by Crippen LogP contribution is -2.49. The number of ether oxygens (including phenoxy) is 1. The summed E-state index contributed by atoms with van der Waals surface area (Å²) in [5, 5.41) is 3.89. The first-order valence-electron chi connectivity index (χ1n) is 7.97. The van der Waals surface area contributed by atoms with Gasteiger partial charge in [0.15, 0.2) is 0 Å². The van der Waals surface area contributed by atoms with Gasteiger partial charge in [0.2, 0.25) is 5.91 Å². The zero-order chi connectivity index (χ0) is 14.2. The van der Waals surface area contributed by atoms with Crippen LogP contribution in [0.15, 0.2) is 0 Å². The fourth-order valence-electron chi connectivity index (χ4n) is 5.45. The van der Waals surface area contributed by atoms with Crippen LogP contribution in [0, 0.1) is 23.2 Å². The molecular formula is C16H26BrNO2. The topological polar surface area (TPSA) is 38.3 Å². The molecule has 0 saturated heterocycles. The largest absolute Gasteiger partial charge is 0.383 e. The van der Waals surface area contributed by atoms with Crippen molar-refractivity contribution in [2.24, 2.45) is 23.2 Å². The first-order chi connectivity index (χ1) is 9.62.